The van der Waals surface area contributed by atoms with E-state index in [9.17, 15) is 0 Å². The van der Waals surface area contributed by atoms with E-state index in [2.05, 4.69) is 47.2 Å². The zero-order valence-corrected chi connectivity index (χ0v) is 14.5. The van der Waals surface area contributed by atoms with E-state index >= 15 is 0 Å². The lowest BCUT2D eigenvalue weighted by molar-refractivity contribution is 0.365. The smallest absolute Gasteiger partial charge is 0.0548 e. The SMILES string of the molecule is CCCCC(CC)CC(NC)c1ccc(Cl)c(Br)c1. The van der Waals surface area contributed by atoms with E-state index < -0.39 is 0 Å². The van der Waals surface area contributed by atoms with Gasteiger partial charge in [0.1, 0.15) is 0 Å². The Bertz CT molecular complexity index is 381. The van der Waals surface area contributed by atoms with Crippen LogP contribution in [0.25, 0.3) is 0 Å². The highest BCUT2D eigenvalue weighted by Crippen LogP contribution is 2.30. The van der Waals surface area contributed by atoms with Gasteiger partial charge in [0.05, 0.1) is 5.02 Å². The summed E-state index contributed by atoms with van der Waals surface area (Å²) in [7, 11) is 2.04. The molecule has 0 aliphatic rings. The van der Waals surface area contributed by atoms with E-state index in [1.54, 1.807) is 0 Å². The highest BCUT2D eigenvalue weighted by molar-refractivity contribution is 9.10. The minimum absolute atomic E-state index is 0.412. The Morgan fingerprint density at radius 2 is 2.05 bits per heavy atom. The Kier molecular flexibility index (Phi) is 8.05. The molecular weight excluding hydrogens is 322 g/mol. The van der Waals surface area contributed by atoms with Gasteiger partial charge in [-0.3, -0.25) is 0 Å². The van der Waals surface area contributed by atoms with Crippen molar-refractivity contribution < 1.29 is 0 Å². The maximum Gasteiger partial charge on any atom is 0.0548 e. The van der Waals surface area contributed by atoms with Gasteiger partial charge in [0, 0.05) is 10.5 Å². The molecule has 108 valence electrons. The van der Waals surface area contributed by atoms with Crippen LogP contribution in [0.2, 0.25) is 5.02 Å². The molecule has 0 heterocycles. The van der Waals surface area contributed by atoms with Crippen molar-refractivity contribution in [2.75, 3.05) is 7.05 Å². The molecule has 0 saturated heterocycles. The Balaban J connectivity index is 2.72. The number of hydrogen-bond acceptors (Lipinski definition) is 1. The van der Waals surface area contributed by atoms with Crippen LogP contribution < -0.4 is 5.32 Å². The summed E-state index contributed by atoms with van der Waals surface area (Å²) in [6.07, 6.45) is 6.40. The van der Waals surface area contributed by atoms with Gasteiger partial charge >= 0.3 is 0 Å². The number of hydrogen-bond donors (Lipinski definition) is 1. The van der Waals surface area contributed by atoms with Gasteiger partial charge in [-0.1, -0.05) is 57.2 Å². The number of halogens is 2. The molecule has 0 aliphatic heterocycles. The van der Waals surface area contributed by atoms with Crippen LogP contribution in [0.3, 0.4) is 0 Å². The molecule has 0 bridgehead atoms. The lowest BCUT2D eigenvalue weighted by Gasteiger charge is -2.23. The first-order valence-electron chi connectivity index (χ1n) is 7.24. The molecule has 1 rings (SSSR count). The van der Waals surface area contributed by atoms with Gasteiger partial charge in [0.2, 0.25) is 0 Å². The summed E-state index contributed by atoms with van der Waals surface area (Å²) in [5.41, 5.74) is 1.31. The highest BCUT2D eigenvalue weighted by Gasteiger charge is 2.16. The zero-order chi connectivity index (χ0) is 14.3. The van der Waals surface area contributed by atoms with Gasteiger partial charge in [0.25, 0.3) is 0 Å². The van der Waals surface area contributed by atoms with Crippen LogP contribution in [0.5, 0.6) is 0 Å². The van der Waals surface area contributed by atoms with Gasteiger partial charge in [-0.05, 0) is 53.0 Å². The summed E-state index contributed by atoms with van der Waals surface area (Å²) in [5.74, 6) is 0.798. The van der Waals surface area contributed by atoms with Crippen LogP contribution in [0, 0.1) is 5.92 Å². The second-order valence-corrected chi connectivity index (χ2v) is 6.43. The van der Waals surface area contributed by atoms with E-state index in [4.69, 9.17) is 11.6 Å². The summed E-state index contributed by atoms with van der Waals surface area (Å²) in [6.45, 7) is 4.56. The predicted octanol–water partition coefficient (Wildman–Crippen LogP) is 5.97. The molecule has 0 saturated carbocycles. The molecule has 0 amide bonds. The fraction of sp³-hybridized carbons (Fsp3) is 0.625. The summed E-state index contributed by atoms with van der Waals surface area (Å²) in [6, 6.07) is 6.64. The largest absolute Gasteiger partial charge is 0.313 e. The molecule has 1 N–H and O–H groups in total. The van der Waals surface area contributed by atoms with Gasteiger partial charge in [0.15, 0.2) is 0 Å². The fourth-order valence-corrected chi connectivity index (χ4v) is 2.98. The molecule has 0 aliphatic carbocycles. The Hall–Kier alpha value is -0.0500. The third kappa shape index (κ3) is 5.45. The average Bonchev–Trinajstić information content (AvgIpc) is 2.42. The Morgan fingerprint density at radius 3 is 2.58 bits per heavy atom. The summed E-state index contributed by atoms with van der Waals surface area (Å²) < 4.78 is 0.980. The van der Waals surface area contributed by atoms with Crippen molar-refractivity contribution in [3.8, 4) is 0 Å². The standard InChI is InChI=1S/C16H25BrClN/c1-4-6-7-12(5-2)10-16(19-3)13-8-9-15(18)14(17)11-13/h8-9,11-12,16,19H,4-7,10H2,1-3H3. The van der Waals surface area contributed by atoms with E-state index in [1.807, 2.05) is 13.1 Å². The normalized spacial score (nSPS) is 14.4. The molecule has 19 heavy (non-hydrogen) atoms. The van der Waals surface area contributed by atoms with E-state index in [1.165, 1.54) is 37.7 Å². The molecule has 1 aromatic carbocycles. The molecule has 0 aromatic heterocycles. The van der Waals surface area contributed by atoms with Crippen LogP contribution in [0.15, 0.2) is 22.7 Å². The first-order valence-corrected chi connectivity index (χ1v) is 8.41. The predicted molar refractivity (Wildman–Crippen MR) is 88.9 cm³/mol. The van der Waals surface area contributed by atoms with Gasteiger partial charge in [-0.2, -0.15) is 0 Å². The molecule has 1 aromatic rings. The van der Waals surface area contributed by atoms with E-state index in [0.29, 0.717) is 6.04 Å². The molecule has 2 atom stereocenters. The van der Waals surface area contributed by atoms with Crippen LogP contribution in [-0.2, 0) is 0 Å². The third-order valence-electron chi connectivity index (χ3n) is 3.81. The maximum absolute atomic E-state index is 6.06. The maximum atomic E-state index is 6.06. The number of unbranched alkanes of at least 4 members (excludes halogenated alkanes) is 1. The number of benzene rings is 1. The van der Waals surface area contributed by atoms with Crippen molar-refractivity contribution in [1.82, 2.24) is 5.32 Å². The minimum atomic E-state index is 0.412. The second-order valence-electron chi connectivity index (χ2n) is 5.17. The minimum Gasteiger partial charge on any atom is -0.313 e. The molecule has 2 unspecified atom stereocenters. The van der Waals surface area contributed by atoms with E-state index in [-0.39, 0.29) is 0 Å². The van der Waals surface area contributed by atoms with Crippen LogP contribution >= 0.6 is 27.5 Å². The van der Waals surface area contributed by atoms with Crippen molar-refractivity contribution in [2.45, 2.75) is 52.0 Å². The van der Waals surface area contributed by atoms with Crippen molar-refractivity contribution in [3.05, 3.63) is 33.3 Å². The first kappa shape index (κ1) is 17.0. The van der Waals surface area contributed by atoms with Crippen LogP contribution in [0.4, 0.5) is 0 Å². The molecule has 0 spiro atoms. The third-order valence-corrected chi connectivity index (χ3v) is 5.02. The lowest BCUT2D eigenvalue weighted by Crippen LogP contribution is -2.20. The molecular formula is C16H25BrClN. The average molecular weight is 347 g/mol. The number of rotatable bonds is 8. The molecule has 0 radical (unpaired) electrons. The highest BCUT2D eigenvalue weighted by atomic mass is 79.9. The molecule has 0 fully saturated rings. The van der Waals surface area contributed by atoms with Crippen molar-refractivity contribution in [2.24, 2.45) is 5.92 Å². The first-order chi connectivity index (χ1) is 9.12. The number of nitrogens with one attached hydrogen (secondary N) is 1. The topological polar surface area (TPSA) is 12.0 Å². The van der Waals surface area contributed by atoms with Crippen LogP contribution in [0.1, 0.15) is 57.6 Å². The monoisotopic (exact) mass is 345 g/mol. The van der Waals surface area contributed by atoms with E-state index in [0.717, 1.165) is 15.4 Å². The van der Waals surface area contributed by atoms with Crippen molar-refractivity contribution in [1.29, 1.82) is 0 Å². The molecule has 1 nitrogen and oxygen atoms in total. The Labute approximate surface area is 131 Å². The summed E-state index contributed by atoms with van der Waals surface area (Å²) >= 11 is 9.57. The summed E-state index contributed by atoms with van der Waals surface area (Å²) in [5, 5.41) is 4.22. The Morgan fingerprint density at radius 1 is 1.32 bits per heavy atom. The van der Waals surface area contributed by atoms with Gasteiger partial charge in [-0.25, -0.2) is 0 Å². The molecule has 3 heteroatoms. The lowest BCUT2D eigenvalue weighted by atomic mass is 9.89. The van der Waals surface area contributed by atoms with Crippen LogP contribution in [-0.4, -0.2) is 7.05 Å². The summed E-state index contributed by atoms with van der Waals surface area (Å²) in [4.78, 5) is 0. The van der Waals surface area contributed by atoms with Crippen molar-refractivity contribution >= 4 is 27.5 Å². The van der Waals surface area contributed by atoms with Gasteiger partial charge in [-0.15, -0.1) is 0 Å². The quantitative estimate of drug-likeness (QED) is 0.611. The zero-order valence-electron chi connectivity index (χ0n) is 12.2. The van der Waals surface area contributed by atoms with Gasteiger partial charge < -0.3 is 5.32 Å². The fourth-order valence-electron chi connectivity index (χ4n) is 2.46. The second kappa shape index (κ2) is 8.99. The van der Waals surface area contributed by atoms with Crippen molar-refractivity contribution in [3.63, 3.8) is 0 Å².